The highest BCUT2D eigenvalue weighted by molar-refractivity contribution is 7.17. The number of fused-ring (bicyclic) bond motifs is 1. The Labute approximate surface area is 107 Å². The molecule has 0 saturated carbocycles. The van der Waals surface area contributed by atoms with Crippen molar-refractivity contribution >= 4 is 27.4 Å². The Kier molecular flexibility index (Phi) is 2.60. The van der Waals surface area contributed by atoms with Crippen LogP contribution in [0.15, 0.2) is 35.8 Å². The van der Waals surface area contributed by atoms with Crippen molar-refractivity contribution in [2.75, 3.05) is 0 Å². The molecule has 0 fully saturated rings. The van der Waals surface area contributed by atoms with E-state index in [4.69, 9.17) is 5.11 Å². The van der Waals surface area contributed by atoms with E-state index in [1.54, 1.807) is 17.5 Å². The molecule has 3 aromatic rings. The summed E-state index contributed by atoms with van der Waals surface area (Å²) < 4.78 is 1.21. The summed E-state index contributed by atoms with van der Waals surface area (Å²) in [5, 5.41) is 11.9. The number of aromatic nitrogens is 2. The molecule has 0 unspecified atom stereocenters. The molecule has 1 aromatic carbocycles. The minimum absolute atomic E-state index is 0.0813. The van der Waals surface area contributed by atoms with Crippen molar-refractivity contribution in [3.8, 4) is 11.3 Å². The van der Waals surface area contributed by atoms with Crippen LogP contribution < -0.4 is 0 Å². The van der Waals surface area contributed by atoms with Crippen molar-refractivity contribution in [3.63, 3.8) is 0 Å². The van der Waals surface area contributed by atoms with Crippen molar-refractivity contribution in [3.05, 3.63) is 41.7 Å². The number of benzene rings is 1. The number of carbonyl (C=O) groups is 1. The molecule has 0 radical (unpaired) electrons. The van der Waals surface area contributed by atoms with Crippen molar-refractivity contribution in [2.24, 2.45) is 0 Å². The molecule has 0 aliphatic heterocycles. The maximum absolute atomic E-state index is 10.6. The van der Waals surface area contributed by atoms with Gasteiger partial charge in [0.05, 0.1) is 11.9 Å². The molecule has 0 bridgehead atoms. The third kappa shape index (κ3) is 1.89. The van der Waals surface area contributed by atoms with E-state index in [0.717, 1.165) is 16.6 Å². The van der Waals surface area contributed by atoms with Gasteiger partial charge in [-0.3, -0.25) is 4.79 Å². The zero-order chi connectivity index (χ0) is 12.5. The Morgan fingerprint density at radius 3 is 3.06 bits per heavy atom. The van der Waals surface area contributed by atoms with Gasteiger partial charge in [0.1, 0.15) is 12.2 Å². The van der Waals surface area contributed by atoms with Gasteiger partial charge in [0.25, 0.3) is 0 Å². The number of nitrogens with one attached hydrogen (secondary N) is 1. The number of H-pyrrole nitrogens is 1. The van der Waals surface area contributed by atoms with Crippen LogP contribution in [0.3, 0.4) is 0 Å². The predicted molar refractivity (Wildman–Crippen MR) is 70.7 cm³/mol. The highest BCUT2D eigenvalue weighted by Gasteiger charge is 2.10. The van der Waals surface area contributed by atoms with Gasteiger partial charge < -0.3 is 10.1 Å². The average molecular weight is 258 g/mol. The molecule has 0 aliphatic rings. The van der Waals surface area contributed by atoms with E-state index in [1.165, 1.54) is 4.70 Å². The van der Waals surface area contributed by atoms with E-state index in [1.807, 2.05) is 12.1 Å². The normalized spacial score (nSPS) is 10.9. The number of imidazole rings is 1. The second-order valence-corrected chi connectivity index (χ2v) is 4.87. The van der Waals surface area contributed by atoms with Crippen LogP contribution in [-0.2, 0) is 11.2 Å². The van der Waals surface area contributed by atoms with Gasteiger partial charge in [-0.2, -0.15) is 0 Å². The van der Waals surface area contributed by atoms with Crippen LogP contribution in [0.2, 0.25) is 0 Å². The second kappa shape index (κ2) is 4.27. The van der Waals surface area contributed by atoms with Gasteiger partial charge in [-0.15, -0.1) is 11.3 Å². The summed E-state index contributed by atoms with van der Waals surface area (Å²) in [6, 6.07) is 8.12. The maximum atomic E-state index is 10.6. The first kappa shape index (κ1) is 11.0. The first-order chi connectivity index (χ1) is 8.74. The summed E-state index contributed by atoms with van der Waals surface area (Å²) in [7, 11) is 0. The monoisotopic (exact) mass is 258 g/mol. The van der Waals surface area contributed by atoms with E-state index >= 15 is 0 Å². The molecule has 3 rings (SSSR count). The first-order valence-electron chi connectivity index (χ1n) is 5.46. The smallest absolute Gasteiger partial charge is 0.311 e. The molecular formula is C13H10N2O2S. The molecule has 90 valence electrons. The van der Waals surface area contributed by atoms with E-state index in [0.29, 0.717) is 5.82 Å². The Hall–Kier alpha value is -2.14. The van der Waals surface area contributed by atoms with Crippen LogP contribution in [0.1, 0.15) is 5.82 Å². The lowest BCUT2D eigenvalue weighted by Gasteiger charge is -1.95. The van der Waals surface area contributed by atoms with Gasteiger partial charge in [-0.05, 0) is 6.07 Å². The van der Waals surface area contributed by atoms with Crippen LogP contribution in [0.5, 0.6) is 0 Å². The highest BCUT2D eigenvalue weighted by atomic mass is 32.1. The quantitative estimate of drug-likeness (QED) is 0.759. The third-order valence-electron chi connectivity index (χ3n) is 2.72. The number of carboxylic acids is 1. The minimum Gasteiger partial charge on any atom is -0.481 e. The molecule has 0 amide bonds. The molecule has 0 saturated heterocycles. The topological polar surface area (TPSA) is 66.0 Å². The van der Waals surface area contributed by atoms with Crippen LogP contribution >= 0.6 is 11.3 Å². The summed E-state index contributed by atoms with van der Waals surface area (Å²) in [4.78, 5) is 17.8. The fraction of sp³-hybridized carbons (Fsp3) is 0.0769. The summed E-state index contributed by atoms with van der Waals surface area (Å²) in [6.45, 7) is 0. The molecule has 0 aliphatic carbocycles. The van der Waals surface area contributed by atoms with E-state index in [9.17, 15) is 4.79 Å². The summed E-state index contributed by atoms with van der Waals surface area (Å²) in [6.07, 6.45) is 1.61. The second-order valence-electron chi connectivity index (χ2n) is 3.96. The summed E-state index contributed by atoms with van der Waals surface area (Å²) >= 11 is 1.67. The zero-order valence-electron chi connectivity index (χ0n) is 9.38. The molecule has 18 heavy (non-hydrogen) atoms. The Morgan fingerprint density at radius 2 is 2.22 bits per heavy atom. The molecular weight excluding hydrogens is 248 g/mol. The zero-order valence-corrected chi connectivity index (χ0v) is 10.2. The fourth-order valence-electron chi connectivity index (χ4n) is 1.92. The number of thiophene rings is 1. The van der Waals surface area contributed by atoms with E-state index < -0.39 is 5.97 Å². The van der Waals surface area contributed by atoms with Crippen molar-refractivity contribution in [2.45, 2.75) is 6.42 Å². The SMILES string of the molecule is O=C(O)Cc1ncc(-c2csc3ccccc23)[nH]1. The molecule has 5 heteroatoms. The number of nitrogens with zero attached hydrogens (tertiary/aromatic N) is 1. The molecule has 4 nitrogen and oxygen atoms in total. The number of aromatic amines is 1. The van der Waals surface area contributed by atoms with Crippen molar-refractivity contribution in [1.82, 2.24) is 9.97 Å². The van der Waals surface area contributed by atoms with Crippen LogP contribution in [-0.4, -0.2) is 21.0 Å². The number of hydrogen-bond acceptors (Lipinski definition) is 3. The predicted octanol–water partition coefficient (Wildman–Crippen LogP) is 2.92. The van der Waals surface area contributed by atoms with Crippen molar-refractivity contribution < 1.29 is 9.90 Å². The van der Waals surface area contributed by atoms with Gasteiger partial charge in [-0.1, -0.05) is 18.2 Å². The van der Waals surface area contributed by atoms with E-state index in [2.05, 4.69) is 27.5 Å². The van der Waals surface area contributed by atoms with Crippen molar-refractivity contribution in [1.29, 1.82) is 0 Å². The summed E-state index contributed by atoms with van der Waals surface area (Å²) in [5.41, 5.74) is 1.93. The molecule has 2 heterocycles. The molecule has 2 N–H and O–H groups in total. The van der Waals surface area contributed by atoms with Gasteiger partial charge in [0.2, 0.25) is 0 Å². The highest BCUT2D eigenvalue weighted by Crippen LogP contribution is 2.32. The standard InChI is InChI=1S/C13H10N2O2S/c16-13(17)5-12-14-6-10(15-12)9-7-18-11-4-2-1-3-8(9)11/h1-4,6-7H,5H2,(H,14,15)(H,16,17). The number of aliphatic carboxylic acids is 1. The first-order valence-corrected chi connectivity index (χ1v) is 6.34. The lowest BCUT2D eigenvalue weighted by Crippen LogP contribution is -2.01. The number of hydrogen-bond donors (Lipinski definition) is 2. The van der Waals surface area contributed by atoms with E-state index in [-0.39, 0.29) is 6.42 Å². The van der Waals surface area contributed by atoms with Crippen LogP contribution in [0, 0.1) is 0 Å². The fourth-order valence-corrected chi connectivity index (χ4v) is 2.88. The maximum Gasteiger partial charge on any atom is 0.311 e. The average Bonchev–Trinajstić information content (AvgIpc) is 2.94. The van der Waals surface area contributed by atoms with Crippen LogP contribution in [0.4, 0.5) is 0 Å². The third-order valence-corrected chi connectivity index (χ3v) is 3.68. The number of rotatable bonds is 3. The Balaban J connectivity index is 2.04. The molecule has 0 spiro atoms. The minimum atomic E-state index is -0.883. The van der Waals surface area contributed by atoms with Gasteiger partial charge >= 0.3 is 5.97 Å². The number of carboxylic acid groups (broad SMARTS) is 1. The lowest BCUT2D eigenvalue weighted by atomic mass is 10.1. The summed E-state index contributed by atoms with van der Waals surface area (Å²) in [5.74, 6) is -0.404. The molecule has 2 aromatic heterocycles. The Morgan fingerprint density at radius 1 is 1.39 bits per heavy atom. The van der Waals surface area contributed by atoms with Crippen LogP contribution in [0.25, 0.3) is 21.3 Å². The van der Waals surface area contributed by atoms with Gasteiger partial charge in [0, 0.05) is 21.0 Å². The Bertz CT molecular complexity index is 714. The van der Waals surface area contributed by atoms with Gasteiger partial charge in [-0.25, -0.2) is 4.98 Å². The van der Waals surface area contributed by atoms with Gasteiger partial charge in [0.15, 0.2) is 0 Å². The molecule has 0 atom stereocenters. The lowest BCUT2D eigenvalue weighted by molar-refractivity contribution is -0.136. The largest absolute Gasteiger partial charge is 0.481 e.